The molecule has 0 spiro atoms. The lowest BCUT2D eigenvalue weighted by atomic mass is 9.94. The number of carbonyl (C=O) groups excluding carboxylic acids is 3. The molecule has 1 fully saturated rings. The number of amides is 4. The van der Waals surface area contributed by atoms with Crippen LogP contribution in [0.3, 0.4) is 0 Å². The fraction of sp³-hybridized carbons (Fsp3) is 0.800. The molecule has 0 aromatic heterocycles. The highest BCUT2D eigenvalue weighted by atomic mass is 16.5. The SMILES string of the molecule is NCCCOCCOCCOCCCC(C(N)=O)C1NC(=O)NC1=O. The minimum Gasteiger partial charge on any atom is -0.379 e. The molecule has 6 N–H and O–H groups in total. The summed E-state index contributed by atoms with van der Waals surface area (Å²) in [6.07, 6.45) is 1.72. The first-order valence-corrected chi connectivity index (χ1v) is 8.40. The standard InChI is InChI=1S/C15H28N4O6/c16-4-2-6-24-8-10-25-9-7-23-5-1-3-11(13(17)20)12-14(21)19-15(22)18-12/h11-12H,1-10,16H2,(H2,17,20)(H2,18,19,21,22). The first-order valence-electron chi connectivity index (χ1n) is 8.40. The van der Waals surface area contributed by atoms with Crippen LogP contribution in [0.1, 0.15) is 19.3 Å². The van der Waals surface area contributed by atoms with E-state index < -0.39 is 29.8 Å². The third-order valence-electron chi connectivity index (χ3n) is 3.61. The summed E-state index contributed by atoms with van der Waals surface area (Å²) in [5.74, 6) is -1.91. The Hall–Kier alpha value is -1.75. The Morgan fingerprint density at radius 1 is 1.00 bits per heavy atom. The Bertz CT molecular complexity index is 434. The summed E-state index contributed by atoms with van der Waals surface area (Å²) >= 11 is 0. The van der Waals surface area contributed by atoms with Crippen LogP contribution in [-0.4, -0.2) is 70.1 Å². The number of nitrogens with two attached hydrogens (primary N) is 2. The van der Waals surface area contributed by atoms with Gasteiger partial charge in [-0.3, -0.25) is 14.9 Å². The van der Waals surface area contributed by atoms with E-state index in [-0.39, 0.29) is 0 Å². The summed E-state index contributed by atoms with van der Waals surface area (Å²) in [5.41, 5.74) is 10.7. The van der Waals surface area contributed by atoms with Gasteiger partial charge in [0.05, 0.1) is 32.3 Å². The van der Waals surface area contributed by atoms with Crippen molar-refractivity contribution >= 4 is 17.8 Å². The van der Waals surface area contributed by atoms with E-state index in [0.717, 1.165) is 6.42 Å². The number of hydrogen-bond acceptors (Lipinski definition) is 7. The smallest absolute Gasteiger partial charge is 0.322 e. The minimum atomic E-state index is -0.910. The van der Waals surface area contributed by atoms with Crippen molar-refractivity contribution in [1.29, 1.82) is 0 Å². The number of rotatable bonds is 15. The molecule has 10 heteroatoms. The zero-order valence-corrected chi connectivity index (χ0v) is 14.3. The van der Waals surface area contributed by atoms with Gasteiger partial charge in [0.15, 0.2) is 0 Å². The Morgan fingerprint density at radius 3 is 2.04 bits per heavy atom. The predicted molar refractivity (Wildman–Crippen MR) is 88.5 cm³/mol. The van der Waals surface area contributed by atoms with Gasteiger partial charge in [0.1, 0.15) is 6.04 Å². The van der Waals surface area contributed by atoms with Crippen molar-refractivity contribution in [2.45, 2.75) is 25.3 Å². The minimum absolute atomic E-state index is 0.351. The Balaban J connectivity index is 2.03. The van der Waals surface area contributed by atoms with E-state index in [1.807, 2.05) is 0 Å². The Labute approximate surface area is 146 Å². The summed E-state index contributed by atoms with van der Waals surface area (Å²) in [4.78, 5) is 34.2. The van der Waals surface area contributed by atoms with Gasteiger partial charge in [0.25, 0.3) is 5.91 Å². The van der Waals surface area contributed by atoms with Crippen LogP contribution in [0.5, 0.6) is 0 Å². The van der Waals surface area contributed by atoms with E-state index in [2.05, 4.69) is 10.6 Å². The van der Waals surface area contributed by atoms with Crippen LogP contribution in [0.25, 0.3) is 0 Å². The number of imide groups is 1. The van der Waals surface area contributed by atoms with Gasteiger partial charge in [-0.1, -0.05) is 0 Å². The third kappa shape index (κ3) is 8.77. The van der Waals surface area contributed by atoms with E-state index in [1.54, 1.807) is 0 Å². The van der Waals surface area contributed by atoms with Gasteiger partial charge in [-0.15, -0.1) is 0 Å². The van der Waals surface area contributed by atoms with E-state index in [9.17, 15) is 14.4 Å². The molecular formula is C15H28N4O6. The normalized spacial score (nSPS) is 18.0. The molecule has 4 amide bonds. The number of primary amides is 1. The number of carbonyl (C=O) groups is 3. The molecule has 0 saturated carbocycles. The molecule has 1 saturated heterocycles. The molecule has 0 aliphatic carbocycles. The van der Waals surface area contributed by atoms with Gasteiger partial charge < -0.3 is 31.0 Å². The topological polar surface area (TPSA) is 155 Å². The molecule has 144 valence electrons. The lowest BCUT2D eigenvalue weighted by molar-refractivity contribution is -0.129. The lowest BCUT2D eigenvalue weighted by Crippen LogP contribution is -2.43. The maximum atomic E-state index is 11.6. The fourth-order valence-electron chi connectivity index (χ4n) is 2.32. The average molecular weight is 360 g/mol. The molecule has 2 unspecified atom stereocenters. The molecule has 1 aliphatic heterocycles. The number of hydrogen-bond donors (Lipinski definition) is 4. The summed E-state index contributed by atoms with van der Waals surface area (Å²) < 4.78 is 16.0. The summed E-state index contributed by atoms with van der Waals surface area (Å²) in [6, 6.07) is -1.52. The molecule has 1 rings (SSSR count). The zero-order chi connectivity index (χ0) is 18.5. The van der Waals surface area contributed by atoms with Crippen LogP contribution in [0.15, 0.2) is 0 Å². The molecule has 0 aromatic carbocycles. The molecule has 10 nitrogen and oxygen atoms in total. The number of urea groups is 1. The monoisotopic (exact) mass is 360 g/mol. The van der Waals surface area contributed by atoms with Crippen molar-refractivity contribution in [1.82, 2.24) is 10.6 Å². The molecule has 1 aliphatic rings. The van der Waals surface area contributed by atoms with Gasteiger partial charge in [-0.05, 0) is 25.8 Å². The van der Waals surface area contributed by atoms with Crippen LogP contribution in [-0.2, 0) is 23.8 Å². The maximum absolute atomic E-state index is 11.6. The zero-order valence-electron chi connectivity index (χ0n) is 14.3. The van der Waals surface area contributed by atoms with Crippen LogP contribution < -0.4 is 22.1 Å². The molecule has 0 radical (unpaired) electrons. The molecule has 25 heavy (non-hydrogen) atoms. The van der Waals surface area contributed by atoms with Crippen LogP contribution in [0.4, 0.5) is 4.79 Å². The second kappa shape index (κ2) is 12.6. The lowest BCUT2D eigenvalue weighted by Gasteiger charge is -2.17. The summed E-state index contributed by atoms with van der Waals surface area (Å²) in [5, 5.41) is 4.49. The van der Waals surface area contributed by atoms with Gasteiger partial charge in [-0.2, -0.15) is 0 Å². The largest absolute Gasteiger partial charge is 0.379 e. The first kappa shape index (κ1) is 21.3. The van der Waals surface area contributed by atoms with E-state index in [1.165, 1.54) is 0 Å². The second-order valence-corrected chi connectivity index (χ2v) is 5.57. The van der Waals surface area contributed by atoms with E-state index in [4.69, 9.17) is 25.7 Å². The Kier molecular flexibility index (Phi) is 10.7. The van der Waals surface area contributed by atoms with Gasteiger partial charge in [-0.25, -0.2) is 4.79 Å². The highest BCUT2D eigenvalue weighted by molar-refractivity contribution is 6.06. The average Bonchev–Trinajstić information content (AvgIpc) is 2.89. The van der Waals surface area contributed by atoms with Crippen molar-refractivity contribution in [3.8, 4) is 0 Å². The molecule has 0 aromatic rings. The van der Waals surface area contributed by atoms with E-state index >= 15 is 0 Å². The Morgan fingerprint density at radius 2 is 1.56 bits per heavy atom. The van der Waals surface area contributed by atoms with Crippen LogP contribution in [0, 0.1) is 5.92 Å². The van der Waals surface area contributed by atoms with Crippen LogP contribution >= 0.6 is 0 Å². The van der Waals surface area contributed by atoms with Crippen molar-refractivity contribution in [3.05, 3.63) is 0 Å². The third-order valence-corrected chi connectivity index (χ3v) is 3.61. The van der Waals surface area contributed by atoms with Crippen molar-refractivity contribution in [2.75, 3.05) is 46.2 Å². The van der Waals surface area contributed by atoms with E-state index in [0.29, 0.717) is 59.0 Å². The molecular weight excluding hydrogens is 332 g/mol. The molecule has 2 atom stereocenters. The molecule has 0 bridgehead atoms. The van der Waals surface area contributed by atoms with Crippen molar-refractivity contribution < 1.29 is 28.6 Å². The van der Waals surface area contributed by atoms with Crippen molar-refractivity contribution in [3.63, 3.8) is 0 Å². The van der Waals surface area contributed by atoms with Gasteiger partial charge in [0, 0.05) is 13.2 Å². The quantitative estimate of drug-likeness (QED) is 0.204. The fourth-order valence-corrected chi connectivity index (χ4v) is 2.32. The predicted octanol–water partition coefficient (Wildman–Crippen LogP) is -1.53. The van der Waals surface area contributed by atoms with Gasteiger partial charge in [0.2, 0.25) is 5.91 Å². The van der Waals surface area contributed by atoms with Crippen LogP contribution in [0.2, 0.25) is 0 Å². The van der Waals surface area contributed by atoms with Gasteiger partial charge >= 0.3 is 6.03 Å². The highest BCUT2D eigenvalue weighted by Crippen LogP contribution is 2.14. The first-order chi connectivity index (χ1) is 12.1. The summed E-state index contributed by atoms with van der Waals surface area (Å²) in [6.45, 7) is 3.54. The maximum Gasteiger partial charge on any atom is 0.322 e. The number of ether oxygens (including phenoxy) is 3. The van der Waals surface area contributed by atoms with Crippen molar-refractivity contribution in [2.24, 2.45) is 17.4 Å². The number of nitrogens with one attached hydrogen (secondary N) is 2. The molecule has 1 heterocycles. The second-order valence-electron chi connectivity index (χ2n) is 5.57. The summed E-state index contributed by atoms with van der Waals surface area (Å²) in [7, 11) is 0. The highest BCUT2D eigenvalue weighted by Gasteiger charge is 2.38.